The maximum absolute atomic E-state index is 3.79. The van der Waals surface area contributed by atoms with Crippen LogP contribution >= 0.6 is 0 Å². The van der Waals surface area contributed by atoms with Crippen molar-refractivity contribution in [3.63, 3.8) is 0 Å². The molecular weight excluding hydrogens is 194 g/mol. The Balaban J connectivity index is 1.70. The zero-order chi connectivity index (χ0) is 11.2. The van der Waals surface area contributed by atoms with Gasteiger partial charge in [-0.2, -0.15) is 0 Å². The first kappa shape index (κ1) is 12.4. The van der Waals surface area contributed by atoms with Crippen LogP contribution in [0.5, 0.6) is 0 Å². The molecule has 0 bridgehead atoms. The second-order valence-corrected chi connectivity index (χ2v) is 6.07. The largest absolute Gasteiger partial charge is 0.314 e. The van der Waals surface area contributed by atoms with Crippen LogP contribution in [0.4, 0.5) is 0 Å². The number of hydrogen-bond donors (Lipinski definition) is 1. The highest BCUT2D eigenvalue weighted by Crippen LogP contribution is 2.36. The smallest absolute Gasteiger partial charge is 0.00723 e. The molecule has 1 heteroatoms. The zero-order valence-electron chi connectivity index (χ0n) is 11.0. The zero-order valence-corrected chi connectivity index (χ0v) is 11.0. The van der Waals surface area contributed by atoms with Gasteiger partial charge in [-0.3, -0.25) is 0 Å². The monoisotopic (exact) mass is 223 g/mol. The SMILES string of the molecule is CCCNC(CC1CCCCC1)CC1CC1. The van der Waals surface area contributed by atoms with E-state index in [1.807, 2.05) is 0 Å². The summed E-state index contributed by atoms with van der Waals surface area (Å²) in [6.07, 6.45) is 14.7. The molecule has 0 aromatic carbocycles. The van der Waals surface area contributed by atoms with Gasteiger partial charge in [0.25, 0.3) is 0 Å². The van der Waals surface area contributed by atoms with Crippen molar-refractivity contribution >= 4 is 0 Å². The van der Waals surface area contributed by atoms with Gasteiger partial charge < -0.3 is 5.32 Å². The fourth-order valence-corrected chi connectivity index (χ4v) is 3.19. The molecule has 0 heterocycles. The molecule has 2 aliphatic rings. The van der Waals surface area contributed by atoms with E-state index in [0.717, 1.165) is 17.9 Å². The van der Waals surface area contributed by atoms with Gasteiger partial charge in [0.2, 0.25) is 0 Å². The molecule has 1 atom stereocenters. The van der Waals surface area contributed by atoms with Gasteiger partial charge in [-0.1, -0.05) is 51.9 Å². The Kier molecular flexibility index (Phi) is 5.15. The van der Waals surface area contributed by atoms with Crippen molar-refractivity contribution < 1.29 is 0 Å². The Morgan fingerprint density at radius 1 is 0.938 bits per heavy atom. The van der Waals surface area contributed by atoms with E-state index in [4.69, 9.17) is 0 Å². The Morgan fingerprint density at radius 2 is 1.56 bits per heavy atom. The molecule has 2 fully saturated rings. The van der Waals surface area contributed by atoms with Gasteiger partial charge in [-0.15, -0.1) is 0 Å². The maximum atomic E-state index is 3.79. The molecule has 0 radical (unpaired) electrons. The predicted molar refractivity (Wildman–Crippen MR) is 70.6 cm³/mol. The van der Waals surface area contributed by atoms with Gasteiger partial charge in [0, 0.05) is 6.04 Å². The summed E-state index contributed by atoms with van der Waals surface area (Å²) in [6, 6.07) is 0.843. The lowest BCUT2D eigenvalue weighted by atomic mass is 9.84. The normalized spacial score (nSPS) is 24.6. The molecular formula is C15H29N. The van der Waals surface area contributed by atoms with Gasteiger partial charge in [0.05, 0.1) is 0 Å². The van der Waals surface area contributed by atoms with E-state index in [2.05, 4.69) is 12.2 Å². The Labute approximate surface area is 101 Å². The average Bonchev–Trinajstić information content (AvgIpc) is 3.11. The van der Waals surface area contributed by atoms with Gasteiger partial charge in [0.1, 0.15) is 0 Å². The Hall–Kier alpha value is -0.0400. The van der Waals surface area contributed by atoms with Crippen molar-refractivity contribution in [2.45, 2.75) is 77.2 Å². The summed E-state index contributed by atoms with van der Waals surface area (Å²) in [5, 5.41) is 3.79. The molecule has 0 aromatic rings. The van der Waals surface area contributed by atoms with E-state index >= 15 is 0 Å². The van der Waals surface area contributed by atoms with Crippen LogP contribution in [0.25, 0.3) is 0 Å². The van der Waals surface area contributed by atoms with Crippen LogP contribution in [0.15, 0.2) is 0 Å². The summed E-state index contributed by atoms with van der Waals surface area (Å²) in [4.78, 5) is 0. The highest BCUT2D eigenvalue weighted by atomic mass is 14.9. The second kappa shape index (κ2) is 6.64. The molecule has 0 spiro atoms. The molecule has 16 heavy (non-hydrogen) atoms. The van der Waals surface area contributed by atoms with E-state index in [1.165, 1.54) is 70.8 Å². The minimum Gasteiger partial charge on any atom is -0.314 e. The maximum Gasteiger partial charge on any atom is 0.00723 e. The van der Waals surface area contributed by atoms with Gasteiger partial charge in [-0.05, 0) is 37.6 Å². The van der Waals surface area contributed by atoms with Crippen molar-refractivity contribution in [3.05, 3.63) is 0 Å². The standard InChI is InChI=1S/C15H29N/c1-2-10-16-15(12-14-8-9-14)11-13-6-4-3-5-7-13/h13-16H,2-12H2,1H3. The Morgan fingerprint density at radius 3 is 2.12 bits per heavy atom. The third-order valence-corrected chi connectivity index (χ3v) is 4.34. The van der Waals surface area contributed by atoms with Crippen molar-refractivity contribution in [1.29, 1.82) is 0 Å². The van der Waals surface area contributed by atoms with Crippen molar-refractivity contribution in [1.82, 2.24) is 5.32 Å². The van der Waals surface area contributed by atoms with Crippen LogP contribution < -0.4 is 5.32 Å². The highest BCUT2D eigenvalue weighted by Gasteiger charge is 2.27. The van der Waals surface area contributed by atoms with E-state index in [9.17, 15) is 0 Å². The summed E-state index contributed by atoms with van der Waals surface area (Å²) >= 11 is 0. The summed E-state index contributed by atoms with van der Waals surface area (Å²) in [7, 11) is 0. The average molecular weight is 223 g/mol. The van der Waals surface area contributed by atoms with Crippen LogP contribution in [0, 0.1) is 11.8 Å². The van der Waals surface area contributed by atoms with E-state index in [-0.39, 0.29) is 0 Å². The van der Waals surface area contributed by atoms with Crippen LogP contribution in [-0.4, -0.2) is 12.6 Å². The first-order chi connectivity index (χ1) is 7.88. The van der Waals surface area contributed by atoms with E-state index < -0.39 is 0 Å². The molecule has 1 nitrogen and oxygen atoms in total. The van der Waals surface area contributed by atoms with Crippen LogP contribution in [-0.2, 0) is 0 Å². The first-order valence-corrected chi connectivity index (χ1v) is 7.62. The summed E-state index contributed by atoms with van der Waals surface area (Å²) in [5.74, 6) is 2.12. The van der Waals surface area contributed by atoms with Crippen LogP contribution in [0.1, 0.15) is 71.1 Å². The van der Waals surface area contributed by atoms with Crippen molar-refractivity contribution in [3.8, 4) is 0 Å². The molecule has 0 saturated heterocycles. The molecule has 0 aliphatic heterocycles. The topological polar surface area (TPSA) is 12.0 Å². The fraction of sp³-hybridized carbons (Fsp3) is 1.00. The minimum atomic E-state index is 0.843. The fourth-order valence-electron chi connectivity index (χ4n) is 3.19. The van der Waals surface area contributed by atoms with Crippen molar-refractivity contribution in [2.24, 2.45) is 11.8 Å². The lowest BCUT2D eigenvalue weighted by molar-refractivity contribution is 0.286. The van der Waals surface area contributed by atoms with Gasteiger partial charge >= 0.3 is 0 Å². The third kappa shape index (κ3) is 4.45. The number of hydrogen-bond acceptors (Lipinski definition) is 1. The summed E-state index contributed by atoms with van der Waals surface area (Å²) in [5.41, 5.74) is 0. The number of rotatable bonds is 7. The first-order valence-electron chi connectivity index (χ1n) is 7.62. The summed E-state index contributed by atoms with van der Waals surface area (Å²) < 4.78 is 0. The number of nitrogens with one attached hydrogen (secondary N) is 1. The van der Waals surface area contributed by atoms with Gasteiger partial charge in [-0.25, -0.2) is 0 Å². The second-order valence-electron chi connectivity index (χ2n) is 6.07. The predicted octanol–water partition coefficient (Wildman–Crippen LogP) is 4.13. The van der Waals surface area contributed by atoms with E-state index in [0.29, 0.717) is 0 Å². The van der Waals surface area contributed by atoms with Crippen LogP contribution in [0.3, 0.4) is 0 Å². The molecule has 2 saturated carbocycles. The molecule has 0 aromatic heterocycles. The molecule has 0 amide bonds. The van der Waals surface area contributed by atoms with Crippen LogP contribution in [0.2, 0.25) is 0 Å². The summed E-state index contributed by atoms with van der Waals surface area (Å²) in [6.45, 7) is 3.51. The lowest BCUT2D eigenvalue weighted by Gasteiger charge is -2.27. The molecule has 1 unspecified atom stereocenters. The van der Waals surface area contributed by atoms with Gasteiger partial charge in [0.15, 0.2) is 0 Å². The molecule has 94 valence electrons. The van der Waals surface area contributed by atoms with E-state index in [1.54, 1.807) is 0 Å². The quantitative estimate of drug-likeness (QED) is 0.684. The van der Waals surface area contributed by atoms with Crippen molar-refractivity contribution in [2.75, 3.05) is 6.54 Å². The lowest BCUT2D eigenvalue weighted by Crippen LogP contribution is -2.32. The minimum absolute atomic E-state index is 0.843. The third-order valence-electron chi connectivity index (χ3n) is 4.34. The molecule has 1 N–H and O–H groups in total. The highest BCUT2D eigenvalue weighted by molar-refractivity contribution is 4.82. The Bertz CT molecular complexity index is 180. The molecule has 2 rings (SSSR count). The molecule has 2 aliphatic carbocycles.